The lowest BCUT2D eigenvalue weighted by Crippen LogP contribution is -2.12. The Bertz CT molecular complexity index is 857. The molecule has 0 spiro atoms. The van der Waals surface area contributed by atoms with E-state index in [9.17, 15) is 4.79 Å². The van der Waals surface area contributed by atoms with Crippen molar-refractivity contribution < 1.29 is 4.79 Å². The number of carbonyl (C=O) groups is 1. The zero-order valence-corrected chi connectivity index (χ0v) is 11.2. The molecule has 21 heavy (non-hydrogen) atoms. The van der Waals surface area contributed by atoms with Gasteiger partial charge in [0.1, 0.15) is 0 Å². The largest absolute Gasteiger partial charge is 0.322 e. The lowest BCUT2D eigenvalue weighted by atomic mass is 10.0. The van der Waals surface area contributed by atoms with E-state index >= 15 is 0 Å². The highest BCUT2D eigenvalue weighted by Crippen LogP contribution is 2.20. The molecule has 0 aliphatic heterocycles. The minimum Gasteiger partial charge on any atom is -0.322 e. The average molecular weight is 272 g/mol. The van der Waals surface area contributed by atoms with Crippen molar-refractivity contribution in [2.24, 2.45) is 0 Å². The second-order valence-corrected chi connectivity index (χ2v) is 4.67. The number of benzene rings is 3. The summed E-state index contributed by atoms with van der Waals surface area (Å²) < 4.78 is 0. The third-order valence-corrected chi connectivity index (χ3v) is 3.28. The van der Waals surface area contributed by atoms with Crippen LogP contribution in [0.15, 0.2) is 66.7 Å². The molecule has 0 radical (unpaired) electrons. The summed E-state index contributed by atoms with van der Waals surface area (Å²) in [6, 6.07) is 22.3. The standard InChI is InChI=1S/C18H12N2O/c19-12-13-5-3-8-15(11-13)20-18(21)17-10-4-7-14-6-1-2-9-16(14)17/h1-11H,(H,20,21). The first kappa shape index (κ1) is 12.9. The molecule has 0 saturated heterocycles. The van der Waals surface area contributed by atoms with Gasteiger partial charge in [0, 0.05) is 11.3 Å². The lowest BCUT2D eigenvalue weighted by Gasteiger charge is -2.08. The Labute approximate surface area is 122 Å². The van der Waals surface area contributed by atoms with E-state index < -0.39 is 0 Å². The summed E-state index contributed by atoms with van der Waals surface area (Å²) in [5.41, 5.74) is 1.76. The number of hydrogen-bond acceptors (Lipinski definition) is 2. The van der Waals surface area contributed by atoms with Crippen LogP contribution in [0.25, 0.3) is 10.8 Å². The summed E-state index contributed by atoms with van der Waals surface area (Å²) in [5, 5.41) is 13.7. The lowest BCUT2D eigenvalue weighted by molar-refractivity contribution is 0.102. The van der Waals surface area contributed by atoms with E-state index in [-0.39, 0.29) is 5.91 Å². The molecule has 0 aliphatic carbocycles. The quantitative estimate of drug-likeness (QED) is 0.767. The Balaban J connectivity index is 1.96. The maximum absolute atomic E-state index is 12.4. The van der Waals surface area contributed by atoms with Gasteiger partial charge < -0.3 is 5.32 Å². The van der Waals surface area contributed by atoms with E-state index in [1.807, 2.05) is 36.4 Å². The Kier molecular flexibility index (Phi) is 3.36. The number of nitriles is 1. The van der Waals surface area contributed by atoms with Crippen LogP contribution in [-0.2, 0) is 0 Å². The Morgan fingerprint density at radius 3 is 2.57 bits per heavy atom. The molecule has 3 nitrogen and oxygen atoms in total. The van der Waals surface area contributed by atoms with Crippen LogP contribution < -0.4 is 5.32 Å². The molecule has 3 aromatic rings. The van der Waals surface area contributed by atoms with Gasteiger partial charge in [-0.15, -0.1) is 0 Å². The number of nitrogens with zero attached hydrogens (tertiary/aromatic N) is 1. The molecule has 0 aromatic heterocycles. The molecule has 100 valence electrons. The zero-order chi connectivity index (χ0) is 14.7. The predicted molar refractivity (Wildman–Crippen MR) is 83.1 cm³/mol. The van der Waals surface area contributed by atoms with E-state index in [0.717, 1.165) is 10.8 Å². The van der Waals surface area contributed by atoms with E-state index in [0.29, 0.717) is 16.8 Å². The third kappa shape index (κ3) is 2.60. The number of anilines is 1. The van der Waals surface area contributed by atoms with Crippen molar-refractivity contribution in [3.63, 3.8) is 0 Å². The second-order valence-electron chi connectivity index (χ2n) is 4.67. The number of rotatable bonds is 2. The fourth-order valence-corrected chi connectivity index (χ4v) is 2.29. The summed E-state index contributed by atoms with van der Waals surface area (Å²) >= 11 is 0. The van der Waals surface area contributed by atoms with Crippen LogP contribution in [0.1, 0.15) is 15.9 Å². The minimum absolute atomic E-state index is 0.179. The zero-order valence-electron chi connectivity index (χ0n) is 11.2. The molecule has 0 bridgehead atoms. The maximum atomic E-state index is 12.4. The van der Waals surface area contributed by atoms with Gasteiger partial charge in [-0.2, -0.15) is 5.26 Å². The predicted octanol–water partition coefficient (Wildman–Crippen LogP) is 3.96. The van der Waals surface area contributed by atoms with Crippen molar-refractivity contribution in [2.45, 2.75) is 0 Å². The van der Waals surface area contributed by atoms with Crippen molar-refractivity contribution in [1.82, 2.24) is 0 Å². The topological polar surface area (TPSA) is 52.9 Å². The fraction of sp³-hybridized carbons (Fsp3) is 0. The first-order valence-electron chi connectivity index (χ1n) is 6.57. The molecule has 0 unspecified atom stereocenters. The monoisotopic (exact) mass is 272 g/mol. The van der Waals surface area contributed by atoms with Gasteiger partial charge in [0.25, 0.3) is 5.91 Å². The smallest absolute Gasteiger partial charge is 0.256 e. The van der Waals surface area contributed by atoms with Crippen LogP contribution in [-0.4, -0.2) is 5.91 Å². The van der Waals surface area contributed by atoms with Crippen LogP contribution in [0.5, 0.6) is 0 Å². The highest BCUT2D eigenvalue weighted by molar-refractivity contribution is 6.12. The summed E-state index contributed by atoms with van der Waals surface area (Å²) in [7, 11) is 0. The van der Waals surface area contributed by atoms with Crippen molar-refractivity contribution >= 4 is 22.4 Å². The van der Waals surface area contributed by atoms with Crippen molar-refractivity contribution in [1.29, 1.82) is 5.26 Å². The van der Waals surface area contributed by atoms with E-state index in [1.54, 1.807) is 30.3 Å². The Morgan fingerprint density at radius 2 is 1.71 bits per heavy atom. The number of carbonyl (C=O) groups excluding carboxylic acids is 1. The van der Waals surface area contributed by atoms with Gasteiger partial charge in [-0.1, -0.05) is 42.5 Å². The van der Waals surface area contributed by atoms with E-state index in [4.69, 9.17) is 5.26 Å². The van der Waals surface area contributed by atoms with Gasteiger partial charge >= 0.3 is 0 Å². The van der Waals surface area contributed by atoms with Gasteiger partial charge in [0.2, 0.25) is 0 Å². The molecule has 3 heteroatoms. The van der Waals surface area contributed by atoms with E-state index in [1.165, 1.54) is 0 Å². The first-order valence-corrected chi connectivity index (χ1v) is 6.57. The van der Waals surface area contributed by atoms with Gasteiger partial charge in [-0.25, -0.2) is 0 Å². The van der Waals surface area contributed by atoms with Gasteiger partial charge in [0.05, 0.1) is 11.6 Å². The van der Waals surface area contributed by atoms with Crippen molar-refractivity contribution in [3.05, 3.63) is 77.9 Å². The summed E-state index contributed by atoms with van der Waals surface area (Å²) in [6.45, 7) is 0. The van der Waals surface area contributed by atoms with Crippen molar-refractivity contribution in [2.75, 3.05) is 5.32 Å². The summed E-state index contributed by atoms with van der Waals surface area (Å²) in [6.07, 6.45) is 0. The fourth-order valence-electron chi connectivity index (χ4n) is 2.29. The molecule has 1 N–H and O–H groups in total. The molecule has 3 aromatic carbocycles. The van der Waals surface area contributed by atoms with Crippen LogP contribution in [0.3, 0.4) is 0 Å². The van der Waals surface area contributed by atoms with Crippen LogP contribution in [0, 0.1) is 11.3 Å². The normalized spacial score (nSPS) is 10.0. The number of amides is 1. The van der Waals surface area contributed by atoms with E-state index in [2.05, 4.69) is 11.4 Å². The molecular weight excluding hydrogens is 260 g/mol. The molecule has 0 heterocycles. The number of fused-ring (bicyclic) bond motifs is 1. The minimum atomic E-state index is -0.179. The van der Waals surface area contributed by atoms with Crippen LogP contribution in [0.2, 0.25) is 0 Å². The van der Waals surface area contributed by atoms with Crippen LogP contribution >= 0.6 is 0 Å². The van der Waals surface area contributed by atoms with Gasteiger partial charge in [-0.05, 0) is 35.0 Å². The second kappa shape index (κ2) is 5.48. The Hall–Kier alpha value is -3.12. The van der Waals surface area contributed by atoms with Crippen LogP contribution in [0.4, 0.5) is 5.69 Å². The molecule has 0 aliphatic rings. The highest BCUT2D eigenvalue weighted by Gasteiger charge is 2.09. The van der Waals surface area contributed by atoms with Gasteiger partial charge in [-0.3, -0.25) is 4.79 Å². The molecule has 3 rings (SSSR count). The third-order valence-electron chi connectivity index (χ3n) is 3.28. The summed E-state index contributed by atoms with van der Waals surface area (Å²) in [5.74, 6) is -0.179. The summed E-state index contributed by atoms with van der Waals surface area (Å²) in [4.78, 5) is 12.4. The van der Waals surface area contributed by atoms with Gasteiger partial charge in [0.15, 0.2) is 0 Å². The molecule has 1 amide bonds. The maximum Gasteiger partial charge on any atom is 0.256 e. The molecular formula is C18H12N2O. The highest BCUT2D eigenvalue weighted by atomic mass is 16.1. The molecule has 0 saturated carbocycles. The first-order chi connectivity index (χ1) is 10.3. The Morgan fingerprint density at radius 1 is 0.952 bits per heavy atom. The average Bonchev–Trinajstić information content (AvgIpc) is 2.54. The number of hydrogen-bond donors (Lipinski definition) is 1. The number of nitrogens with one attached hydrogen (secondary N) is 1. The molecule has 0 atom stereocenters. The molecule has 0 fully saturated rings. The SMILES string of the molecule is N#Cc1cccc(NC(=O)c2cccc3ccccc23)c1. The van der Waals surface area contributed by atoms with Crippen molar-refractivity contribution in [3.8, 4) is 6.07 Å².